The lowest BCUT2D eigenvalue weighted by atomic mass is 9.94. The van der Waals surface area contributed by atoms with Crippen LogP contribution in [0, 0.1) is 10.1 Å². The Hall–Kier alpha value is -5.97. The van der Waals surface area contributed by atoms with E-state index in [2.05, 4.69) is 15.6 Å². The highest BCUT2D eigenvalue weighted by atomic mass is 16.6. The van der Waals surface area contributed by atoms with Crippen molar-refractivity contribution in [3.8, 4) is 22.9 Å². The third kappa shape index (κ3) is 6.23. The number of nitro groups is 1. The number of carbonyl (C=O) groups excluding carboxylic acids is 1. The summed E-state index contributed by atoms with van der Waals surface area (Å²) < 4.78 is 13.8. The first-order valence-electron chi connectivity index (χ1n) is 14.4. The number of nitrogens with zero attached hydrogens (tertiary/aromatic N) is 4. The van der Waals surface area contributed by atoms with E-state index in [-0.39, 0.29) is 17.4 Å². The normalized spacial score (nSPS) is 13.9. The van der Waals surface area contributed by atoms with Crippen LogP contribution in [0.3, 0.4) is 0 Å². The first-order valence-corrected chi connectivity index (χ1v) is 14.4. The van der Waals surface area contributed by atoms with E-state index < -0.39 is 11.0 Å². The van der Waals surface area contributed by atoms with E-state index in [1.807, 2.05) is 85.8 Å². The monoisotopic (exact) mass is 602 g/mol. The first kappa shape index (κ1) is 29.1. The second-order valence-electron chi connectivity index (χ2n) is 10.3. The first-order chi connectivity index (χ1) is 21.9. The third-order valence-electron chi connectivity index (χ3n) is 7.26. The zero-order chi connectivity index (χ0) is 31.3. The molecule has 226 valence electrons. The summed E-state index contributed by atoms with van der Waals surface area (Å²) in [6.45, 7) is 4.46. The van der Waals surface area contributed by atoms with Crippen molar-refractivity contribution in [2.45, 2.75) is 26.5 Å². The second-order valence-corrected chi connectivity index (χ2v) is 10.3. The van der Waals surface area contributed by atoms with Crippen LogP contribution in [0.1, 0.15) is 31.0 Å². The van der Waals surface area contributed by atoms with E-state index in [1.165, 1.54) is 12.1 Å². The Kier molecular flexibility index (Phi) is 8.23. The number of aromatic nitrogens is 3. The molecule has 11 heteroatoms. The van der Waals surface area contributed by atoms with E-state index in [0.29, 0.717) is 58.7 Å². The minimum atomic E-state index is -0.715. The summed E-state index contributed by atoms with van der Waals surface area (Å²) >= 11 is 0. The van der Waals surface area contributed by atoms with E-state index in [9.17, 15) is 14.9 Å². The van der Waals surface area contributed by atoms with Gasteiger partial charge in [0, 0.05) is 29.1 Å². The number of benzene rings is 4. The molecule has 1 aliphatic rings. The average molecular weight is 603 g/mol. The number of hydrogen-bond acceptors (Lipinski definition) is 8. The van der Waals surface area contributed by atoms with E-state index in [4.69, 9.17) is 14.6 Å². The van der Waals surface area contributed by atoms with Crippen LogP contribution in [-0.2, 0) is 11.4 Å². The van der Waals surface area contributed by atoms with Crippen molar-refractivity contribution in [2.24, 2.45) is 0 Å². The molecule has 2 heterocycles. The van der Waals surface area contributed by atoms with Gasteiger partial charge in [0.2, 0.25) is 5.95 Å². The number of ether oxygens (including phenoxy) is 2. The number of rotatable bonds is 10. The quantitative estimate of drug-likeness (QED) is 0.132. The molecule has 6 rings (SSSR count). The van der Waals surface area contributed by atoms with Crippen LogP contribution < -0.4 is 20.1 Å². The summed E-state index contributed by atoms with van der Waals surface area (Å²) in [7, 11) is 0. The van der Waals surface area contributed by atoms with E-state index in [0.717, 1.165) is 5.56 Å². The van der Waals surface area contributed by atoms with Crippen molar-refractivity contribution < 1.29 is 19.2 Å². The molecule has 0 fully saturated rings. The van der Waals surface area contributed by atoms with Crippen LogP contribution in [-0.4, -0.2) is 32.2 Å². The summed E-state index contributed by atoms with van der Waals surface area (Å²) in [5.74, 6) is 1.42. The van der Waals surface area contributed by atoms with Gasteiger partial charge in [-0.15, -0.1) is 5.10 Å². The third-order valence-corrected chi connectivity index (χ3v) is 7.26. The SMILES string of the molecule is CCOc1cc(C2C(C(=O)Nc3ccccc3)=C(C)Nc3nc(-c4cccc([N+](=O)[O-])c4)nn32)ccc1OCc1ccccc1. The molecular formula is C34H30N6O5. The van der Waals surface area contributed by atoms with Gasteiger partial charge in [0.25, 0.3) is 11.6 Å². The molecule has 11 nitrogen and oxygen atoms in total. The van der Waals surface area contributed by atoms with Crippen LogP contribution in [0.25, 0.3) is 11.4 Å². The Balaban J connectivity index is 1.42. The Morgan fingerprint density at radius 2 is 1.71 bits per heavy atom. The fourth-order valence-corrected chi connectivity index (χ4v) is 5.17. The number of para-hydroxylation sites is 1. The van der Waals surface area contributed by atoms with Crippen LogP contribution in [0.2, 0.25) is 0 Å². The summed E-state index contributed by atoms with van der Waals surface area (Å²) in [5.41, 5.74) is 3.77. The molecule has 5 aromatic rings. The lowest BCUT2D eigenvalue weighted by Crippen LogP contribution is -2.31. The predicted molar refractivity (Wildman–Crippen MR) is 170 cm³/mol. The molecule has 0 radical (unpaired) electrons. The standard InChI is InChI=1S/C34H30N6O5/c1-3-44-29-20-24(17-18-28(29)45-21-23-11-6-4-7-12-23)31-30(33(41)36-26-14-8-5-9-15-26)22(2)35-34-37-32(38-39(31)34)25-13-10-16-27(19-25)40(42)43/h4-20,31H,3,21H2,1-2H3,(H,36,41)(H,35,37,38). The molecule has 0 aliphatic carbocycles. The Morgan fingerprint density at radius 1 is 0.956 bits per heavy atom. The van der Waals surface area contributed by atoms with Gasteiger partial charge in [0.15, 0.2) is 17.3 Å². The number of allylic oxidation sites excluding steroid dienone is 1. The topological polar surface area (TPSA) is 133 Å². The molecule has 1 atom stereocenters. The van der Waals surface area contributed by atoms with Gasteiger partial charge in [0.1, 0.15) is 12.6 Å². The van der Waals surface area contributed by atoms with Gasteiger partial charge in [-0.3, -0.25) is 14.9 Å². The number of amides is 1. The molecule has 45 heavy (non-hydrogen) atoms. The fourth-order valence-electron chi connectivity index (χ4n) is 5.17. The number of non-ortho nitro benzene ring substituents is 1. The lowest BCUT2D eigenvalue weighted by molar-refractivity contribution is -0.384. The number of anilines is 2. The van der Waals surface area contributed by atoms with Gasteiger partial charge in [-0.05, 0) is 49.2 Å². The highest BCUT2D eigenvalue weighted by Gasteiger charge is 2.35. The number of nitrogens with one attached hydrogen (secondary N) is 2. The molecule has 0 saturated carbocycles. The minimum Gasteiger partial charge on any atom is -0.490 e. The second kappa shape index (κ2) is 12.7. The van der Waals surface area contributed by atoms with Gasteiger partial charge in [0.05, 0.1) is 17.1 Å². The van der Waals surface area contributed by atoms with E-state index >= 15 is 0 Å². The Morgan fingerprint density at radius 3 is 2.44 bits per heavy atom. The van der Waals surface area contributed by atoms with Crippen LogP contribution in [0.15, 0.2) is 114 Å². The van der Waals surface area contributed by atoms with Crippen LogP contribution in [0.4, 0.5) is 17.3 Å². The smallest absolute Gasteiger partial charge is 0.270 e. The summed E-state index contributed by atoms with van der Waals surface area (Å²) in [5, 5.41) is 22.4. The van der Waals surface area contributed by atoms with Crippen molar-refractivity contribution in [3.05, 3.63) is 136 Å². The zero-order valence-corrected chi connectivity index (χ0v) is 24.6. The van der Waals surface area contributed by atoms with Gasteiger partial charge in [-0.2, -0.15) is 4.98 Å². The highest BCUT2D eigenvalue weighted by Crippen LogP contribution is 2.40. The summed E-state index contributed by atoms with van der Waals surface area (Å²) in [6, 6.07) is 30.0. The van der Waals surface area contributed by atoms with Crippen LogP contribution >= 0.6 is 0 Å². The summed E-state index contributed by atoms with van der Waals surface area (Å²) in [4.78, 5) is 29.5. The molecule has 1 amide bonds. The maximum absolute atomic E-state index is 13.9. The zero-order valence-electron chi connectivity index (χ0n) is 24.6. The van der Waals surface area contributed by atoms with Crippen molar-refractivity contribution in [1.82, 2.24) is 14.8 Å². The molecule has 0 bridgehead atoms. The van der Waals surface area contributed by atoms with Gasteiger partial charge in [-0.25, -0.2) is 4.68 Å². The van der Waals surface area contributed by atoms with Gasteiger partial charge < -0.3 is 20.1 Å². The van der Waals surface area contributed by atoms with E-state index in [1.54, 1.807) is 23.7 Å². The molecule has 4 aromatic carbocycles. The predicted octanol–water partition coefficient (Wildman–Crippen LogP) is 6.76. The molecule has 0 spiro atoms. The molecule has 1 aromatic heterocycles. The van der Waals surface area contributed by atoms with Crippen molar-refractivity contribution in [2.75, 3.05) is 17.2 Å². The number of carbonyl (C=O) groups is 1. The van der Waals surface area contributed by atoms with Gasteiger partial charge in [-0.1, -0.05) is 66.7 Å². The average Bonchev–Trinajstić information content (AvgIpc) is 3.48. The maximum Gasteiger partial charge on any atom is 0.270 e. The minimum absolute atomic E-state index is 0.0746. The highest BCUT2D eigenvalue weighted by molar-refractivity contribution is 6.06. The Labute approximate surface area is 259 Å². The fraction of sp³-hybridized carbons (Fsp3) is 0.147. The largest absolute Gasteiger partial charge is 0.490 e. The van der Waals surface area contributed by atoms with Gasteiger partial charge >= 0.3 is 0 Å². The molecular weight excluding hydrogens is 572 g/mol. The van der Waals surface area contributed by atoms with Crippen LogP contribution in [0.5, 0.6) is 11.5 Å². The lowest BCUT2D eigenvalue weighted by Gasteiger charge is -2.29. The maximum atomic E-state index is 13.9. The molecule has 2 N–H and O–H groups in total. The number of hydrogen-bond donors (Lipinski definition) is 2. The molecule has 0 saturated heterocycles. The number of fused-ring (bicyclic) bond motifs is 1. The molecule has 1 unspecified atom stereocenters. The van der Waals surface area contributed by atoms with Crippen molar-refractivity contribution in [3.63, 3.8) is 0 Å². The number of nitro benzene ring substituents is 1. The Bertz CT molecular complexity index is 1890. The van der Waals surface area contributed by atoms with Crippen molar-refractivity contribution >= 4 is 23.2 Å². The summed E-state index contributed by atoms with van der Waals surface area (Å²) in [6.07, 6.45) is 0. The molecule has 1 aliphatic heterocycles. The van der Waals surface area contributed by atoms with Crippen molar-refractivity contribution in [1.29, 1.82) is 0 Å².